The first kappa shape index (κ1) is 24.9. The third kappa shape index (κ3) is 6.93. The molecule has 1 atom stereocenters. The highest BCUT2D eigenvalue weighted by Gasteiger charge is 2.28. The van der Waals surface area contributed by atoms with Gasteiger partial charge in [-0.05, 0) is 42.2 Å². The Bertz CT molecular complexity index is 979. The van der Waals surface area contributed by atoms with Crippen molar-refractivity contribution in [3.63, 3.8) is 0 Å². The van der Waals surface area contributed by atoms with Gasteiger partial charge >= 0.3 is 0 Å². The second-order valence-electron chi connectivity index (χ2n) is 9.03. The Morgan fingerprint density at radius 2 is 1.71 bits per heavy atom. The van der Waals surface area contributed by atoms with Gasteiger partial charge in [-0.3, -0.25) is 14.5 Å². The summed E-state index contributed by atoms with van der Waals surface area (Å²) in [6, 6.07) is 17.9. The number of likely N-dealkylation sites (tertiary alicyclic amines) is 1. The molecule has 0 spiro atoms. The average molecular weight is 478 g/mol. The quantitative estimate of drug-likeness (QED) is 0.592. The van der Waals surface area contributed by atoms with Crippen molar-refractivity contribution in [2.24, 2.45) is 5.92 Å². The fourth-order valence-electron chi connectivity index (χ4n) is 4.71. The number of nitrogens with zero attached hydrogens (tertiary/aromatic N) is 2. The van der Waals surface area contributed by atoms with Crippen molar-refractivity contribution in [3.8, 4) is 5.75 Å². The molecule has 2 aliphatic rings. The molecule has 2 heterocycles. The van der Waals surface area contributed by atoms with Crippen LogP contribution in [0.25, 0.3) is 6.08 Å². The number of nitrogens with one attached hydrogen (secondary N) is 1. The molecule has 2 aromatic carbocycles. The van der Waals surface area contributed by atoms with E-state index in [4.69, 9.17) is 9.47 Å². The molecule has 186 valence electrons. The molecule has 0 aliphatic carbocycles. The number of rotatable bonds is 8. The number of hydrogen-bond acceptors (Lipinski definition) is 5. The molecule has 4 rings (SSSR count). The van der Waals surface area contributed by atoms with Crippen LogP contribution in [0.2, 0.25) is 0 Å². The molecule has 2 aliphatic heterocycles. The molecule has 2 aromatic rings. The van der Waals surface area contributed by atoms with Gasteiger partial charge in [0.05, 0.1) is 26.4 Å². The van der Waals surface area contributed by atoms with Crippen LogP contribution in [0.3, 0.4) is 0 Å². The van der Waals surface area contributed by atoms with E-state index in [1.165, 1.54) is 0 Å². The topological polar surface area (TPSA) is 71.1 Å². The number of hydrogen-bond donors (Lipinski definition) is 1. The van der Waals surface area contributed by atoms with Crippen molar-refractivity contribution in [1.82, 2.24) is 15.1 Å². The van der Waals surface area contributed by atoms with Gasteiger partial charge in [0.2, 0.25) is 11.8 Å². The highest BCUT2D eigenvalue weighted by Crippen LogP contribution is 2.24. The van der Waals surface area contributed by atoms with Gasteiger partial charge in [-0.15, -0.1) is 0 Å². The number of piperidine rings is 1. The summed E-state index contributed by atoms with van der Waals surface area (Å²) < 4.78 is 10.8. The van der Waals surface area contributed by atoms with Crippen molar-refractivity contribution < 1.29 is 19.1 Å². The van der Waals surface area contributed by atoms with Crippen molar-refractivity contribution in [2.75, 3.05) is 53.0 Å². The number of methoxy groups -OCH3 is 1. The monoisotopic (exact) mass is 477 g/mol. The van der Waals surface area contributed by atoms with E-state index in [1.54, 1.807) is 13.2 Å². The standard InChI is InChI=1S/C28H35N3O4/c1-34-25-10-8-23(9-11-25)26(30-17-19-35-20-18-30)21-29-28(33)24-13-15-31(16-14-24)27(32)12-7-22-5-3-2-4-6-22/h2-12,24,26H,13-21H2,1H3,(H,29,33)/b12-7-/t26-/m1/s1. The molecule has 0 radical (unpaired) electrons. The maximum Gasteiger partial charge on any atom is 0.246 e. The van der Waals surface area contributed by atoms with Gasteiger partial charge in [0, 0.05) is 44.7 Å². The van der Waals surface area contributed by atoms with Gasteiger partial charge in [-0.1, -0.05) is 42.5 Å². The zero-order chi connectivity index (χ0) is 24.5. The summed E-state index contributed by atoms with van der Waals surface area (Å²) in [4.78, 5) is 29.8. The van der Waals surface area contributed by atoms with E-state index in [9.17, 15) is 9.59 Å². The number of ether oxygens (including phenoxy) is 2. The minimum absolute atomic E-state index is 0.000372. The Morgan fingerprint density at radius 3 is 2.37 bits per heavy atom. The van der Waals surface area contributed by atoms with Crippen LogP contribution in [0.5, 0.6) is 5.75 Å². The lowest BCUT2D eigenvalue weighted by Crippen LogP contribution is -2.46. The molecule has 7 heteroatoms. The zero-order valence-electron chi connectivity index (χ0n) is 20.4. The third-order valence-corrected chi connectivity index (χ3v) is 6.85. The SMILES string of the molecule is COc1ccc([C@@H](CNC(=O)C2CCN(C(=O)/C=C\c3ccccc3)CC2)N2CCOCC2)cc1. The molecule has 0 saturated carbocycles. The summed E-state index contributed by atoms with van der Waals surface area (Å²) in [5, 5.41) is 3.20. The zero-order valence-corrected chi connectivity index (χ0v) is 20.4. The molecule has 2 fully saturated rings. The second kappa shape index (κ2) is 12.5. The van der Waals surface area contributed by atoms with Crippen molar-refractivity contribution in [1.29, 1.82) is 0 Å². The highest BCUT2D eigenvalue weighted by molar-refractivity contribution is 5.92. The Balaban J connectivity index is 1.29. The number of carbonyl (C=O) groups excluding carboxylic acids is 2. The van der Waals surface area contributed by atoms with Crippen molar-refractivity contribution in [2.45, 2.75) is 18.9 Å². The summed E-state index contributed by atoms with van der Waals surface area (Å²) in [5.74, 6) is 0.820. The maximum atomic E-state index is 13.0. The maximum absolute atomic E-state index is 13.0. The van der Waals surface area contributed by atoms with Crippen LogP contribution >= 0.6 is 0 Å². The Labute approximate surface area is 207 Å². The van der Waals surface area contributed by atoms with E-state index in [0.29, 0.717) is 45.7 Å². The normalized spacial score (nSPS) is 18.4. The van der Waals surface area contributed by atoms with Crippen molar-refractivity contribution in [3.05, 3.63) is 71.8 Å². The van der Waals surface area contributed by atoms with Crippen molar-refractivity contribution >= 4 is 17.9 Å². The lowest BCUT2D eigenvalue weighted by Gasteiger charge is -2.36. The van der Waals surface area contributed by atoms with Gasteiger partial charge < -0.3 is 19.7 Å². The fraction of sp³-hybridized carbons (Fsp3) is 0.429. The van der Waals surface area contributed by atoms with E-state index in [2.05, 4.69) is 22.3 Å². The van der Waals surface area contributed by atoms with Crippen LogP contribution in [0, 0.1) is 5.92 Å². The predicted octanol–water partition coefficient (Wildman–Crippen LogP) is 3.14. The molecule has 1 N–H and O–H groups in total. The predicted molar refractivity (Wildman–Crippen MR) is 136 cm³/mol. The number of morpholine rings is 1. The minimum Gasteiger partial charge on any atom is -0.497 e. The summed E-state index contributed by atoms with van der Waals surface area (Å²) in [7, 11) is 1.66. The molecular weight excluding hydrogens is 442 g/mol. The van der Waals surface area contributed by atoms with Gasteiger partial charge in [0.1, 0.15) is 5.75 Å². The molecule has 2 saturated heterocycles. The first-order chi connectivity index (χ1) is 17.1. The Morgan fingerprint density at radius 1 is 1.03 bits per heavy atom. The van der Waals surface area contributed by atoms with E-state index in [0.717, 1.165) is 30.0 Å². The Hall–Kier alpha value is -3.16. The largest absolute Gasteiger partial charge is 0.497 e. The van der Waals surface area contributed by atoms with E-state index >= 15 is 0 Å². The number of amides is 2. The lowest BCUT2D eigenvalue weighted by atomic mass is 9.95. The van der Waals surface area contributed by atoms with Gasteiger partial charge in [-0.2, -0.15) is 0 Å². The summed E-state index contributed by atoms with van der Waals surface area (Å²) in [6.07, 6.45) is 4.83. The fourth-order valence-corrected chi connectivity index (χ4v) is 4.71. The minimum atomic E-state index is -0.0710. The summed E-state index contributed by atoms with van der Waals surface area (Å²) in [6.45, 7) is 4.82. The van der Waals surface area contributed by atoms with E-state index in [1.807, 2.05) is 53.4 Å². The second-order valence-corrected chi connectivity index (χ2v) is 9.03. The molecule has 0 aromatic heterocycles. The van der Waals surface area contributed by atoms with Crippen LogP contribution in [0.1, 0.15) is 30.0 Å². The molecular formula is C28H35N3O4. The van der Waals surface area contributed by atoms with Crippen LogP contribution in [-0.2, 0) is 14.3 Å². The van der Waals surface area contributed by atoms with E-state index in [-0.39, 0.29) is 23.8 Å². The molecule has 2 amide bonds. The van der Waals surface area contributed by atoms with Crippen LogP contribution in [-0.4, -0.2) is 74.7 Å². The van der Waals surface area contributed by atoms with Gasteiger partial charge in [0.25, 0.3) is 0 Å². The molecule has 0 bridgehead atoms. The number of carbonyl (C=O) groups is 2. The number of benzene rings is 2. The lowest BCUT2D eigenvalue weighted by molar-refractivity contribution is -0.132. The van der Waals surface area contributed by atoms with E-state index < -0.39 is 0 Å². The Kier molecular flexibility index (Phi) is 8.92. The van der Waals surface area contributed by atoms with Crippen LogP contribution in [0.4, 0.5) is 0 Å². The van der Waals surface area contributed by atoms with Crippen LogP contribution in [0.15, 0.2) is 60.7 Å². The smallest absolute Gasteiger partial charge is 0.246 e. The molecule has 35 heavy (non-hydrogen) atoms. The molecule has 7 nitrogen and oxygen atoms in total. The average Bonchev–Trinajstić information content (AvgIpc) is 2.93. The summed E-state index contributed by atoms with van der Waals surface area (Å²) in [5.41, 5.74) is 2.15. The first-order valence-corrected chi connectivity index (χ1v) is 12.4. The highest BCUT2D eigenvalue weighted by atomic mass is 16.5. The van der Waals surface area contributed by atoms with Gasteiger partial charge in [0.15, 0.2) is 0 Å². The summed E-state index contributed by atoms with van der Waals surface area (Å²) >= 11 is 0. The van der Waals surface area contributed by atoms with Gasteiger partial charge in [-0.25, -0.2) is 0 Å². The van der Waals surface area contributed by atoms with Crippen LogP contribution < -0.4 is 10.1 Å². The first-order valence-electron chi connectivity index (χ1n) is 12.4. The molecule has 0 unspecified atom stereocenters. The third-order valence-electron chi connectivity index (χ3n) is 6.85.